The van der Waals surface area contributed by atoms with E-state index in [1.807, 2.05) is 0 Å². The number of carbonyl (C=O) groups is 1. The van der Waals surface area contributed by atoms with E-state index in [2.05, 4.69) is 24.5 Å². The van der Waals surface area contributed by atoms with Gasteiger partial charge in [0.15, 0.2) is 0 Å². The van der Waals surface area contributed by atoms with Crippen LogP contribution in [-0.2, 0) is 4.79 Å². The highest BCUT2D eigenvalue weighted by atomic mass is 16.2. The van der Waals surface area contributed by atoms with Crippen LogP contribution >= 0.6 is 0 Å². The van der Waals surface area contributed by atoms with Crippen molar-refractivity contribution in [3.8, 4) is 0 Å². The van der Waals surface area contributed by atoms with Gasteiger partial charge in [0, 0.05) is 11.6 Å². The second-order valence-electron chi connectivity index (χ2n) is 5.81. The van der Waals surface area contributed by atoms with Gasteiger partial charge < -0.3 is 10.6 Å². The fourth-order valence-corrected chi connectivity index (χ4v) is 3.01. The molecule has 0 aromatic carbocycles. The van der Waals surface area contributed by atoms with E-state index < -0.39 is 0 Å². The molecule has 0 bridgehead atoms. The van der Waals surface area contributed by atoms with Crippen LogP contribution in [0, 0.1) is 0 Å². The molecule has 16 heavy (non-hydrogen) atoms. The number of piperidine rings is 1. The summed E-state index contributed by atoms with van der Waals surface area (Å²) in [6, 6.07) is 0.530. The second-order valence-corrected chi connectivity index (χ2v) is 5.81. The van der Waals surface area contributed by atoms with Crippen molar-refractivity contribution >= 4 is 5.91 Å². The zero-order chi connectivity index (χ0) is 11.6. The van der Waals surface area contributed by atoms with Crippen LogP contribution in [-0.4, -0.2) is 23.5 Å². The van der Waals surface area contributed by atoms with Gasteiger partial charge in [-0.05, 0) is 46.0 Å². The third-order valence-electron chi connectivity index (χ3n) is 4.06. The van der Waals surface area contributed by atoms with Gasteiger partial charge in [-0.3, -0.25) is 4.79 Å². The fourth-order valence-electron chi connectivity index (χ4n) is 3.01. The van der Waals surface area contributed by atoms with Gasteiger partial charge >= 0.3 is 0 Å². The standard InChI is InChI=1S/C13H24N2O/c1-10-6-5-7-11(14-10)12(16)15-13(2)8-3-4-9-13/h10-11,14H,3-9H2,1-2H3,(H,15,16). The maximum Gasteiger partial charge on any atom is 0.237 e. The lowest BCUT2D eigenvalue weighted by Crippen LogP contribution is -2.55. The molecule has 2 N–H and O–H groups in total. The minimum Gasteiger partial charge on any atom is -0.350 e. The Bertz CT molecular complexity index is 259. The van der Waals surface area contributed by atoms with Gasteiger partial charge in [-0.1, -0.05) is 12.8 Å². The van der Waals surface area contributed by atoms with Crippen molar-refractivity contribution < 1.29 is 4.79 Å². The lowest BCUT2D eigenvalue weighted by molar-refractivity contribution is -0.125. The van der Waals surface area contributed by atoms with Crippen LogP contribution in [0.3, 0.4) is 0 Å². The van der Waals surface area contributed by atoms with Gasteiger partial charge in [0.2, 0.25) is 5.91 Å². The number of rotatable bonds is 2. The van der Waals surface area contributed by atoms with Gasteiger partial charge in [0.25, 0.3) is 0 Å². The number of hydrogen-bond donors (Lipinski definition) is 2. The lowest BCUT2D eigenvalue weighted by Gasteiger charge is -2.32. The van der Waals surface area contributed by atoms with E-state index in [0.717, 1.165) is 19.3 Å². The Morgan fingerprint density at radius 3 is 2.56 bits per heavy atom. The molecular formula is C13H24N2O. The van der Waals surface area contributed by atoms with Gasteiger partial charge in [0.1, 0.15) is 0 Å². The summed E-state index contributed by atoms with van der Waals surface area (Å²) in [5.41, 5.74) is 0.0689. The van der Waals surface area contributed by atoms with Crippen molar-refractivity contribution in [2.75, 3.05) is 0 Å². The van der Waals surface area contributed by atoms with Crippen molar-refractivity contribution in [3.05, 3.63) is 0 Å². The van der Waals surface area contributed by atoms with Gasteiger partial charge in [-0.2, -0.15) is 0 Å². The smallest absolute Gasteiger partial charge is 0.237 e. The van der Waals surface area contributed by atoms with Crippen LogP contribution in [0.25, 0.3) is 0 Å². The highest BCUT2D eigenvalue weighted by molar-refractivity contribution is 5.82. The molecule has 2 rings (SSSR count). The first-order valence-corrected chi connectivity index (χ1v) is 6.67. The summed E-state index contributed by atoms with van der Waals surface area (Å²) in [4.78, 5) is 12.1. The van der Waals surface area contributed by atoms with E-state index in [9.17, 15) is 4.79 Å². The van der Waals surface area contributed by atoms with Gasteiger partial charge in [-0.15, -0.1) is 0 Å². The molecule has 0 aromatic heterocycles. The van der Waals surface area contributed by atoms with Crippen LogP contribution in [0.2, 0.25) is 0 Å². The van der Waals surface area contributed by atoms with E-state index in [1.54, 1.807) is 0 Å². The Kier molecular flexibility index (Phi) is 3.53. The van der Waals surface area contributed by atoms with E-state index in [4.69, 9.17) is 0 Å². The zero-order valence-electron chi connectivity index (χ0n) is 10.5. The van der Waals surface area contributed by atoms with Gasteiger partial charge in [-0.25, -0.2) is 0 Å². The topological polar surface area (TPSA) is 41.1 Å². The third-order valence-corrected chi connectivity index (χ3v) is 4.06. The first kappa shape index (κ1) is 11.9. The summed E-state index contributed by atoms with van der Waals surface area (Å²) in [6.07, 6.45) is 8.15. The molecule has 3 heteroatoms. The Morgan fingerprint density at radius 2 is 1.94 bits per heavy atom. The molecule has 0 radical (unpaired) electrons. The Hall–Kier alpha value is -0.570. The molecule has 0 spiro atoms. The molecule has 2 unspecified atom stereocenters. The predicted octanol–water partition coefficient (Wildman–Crippen LogP) is 1.97. The van der Waals surface area contributed by atoms with Gasteiger partial charge in [0.05, 0.1) is 6.04 Å². The van der Waals surface area contributed by atoms with Crippen LogP contribution in [0.4, 0.5) is 0 Å². The van der Waals surface area contributed by atoms with Crippen LogP contribution in [0.5, 0.6) is 0 Å². The number of hydrogen-bond acceptors (Lipinski definition) is 2. The molecule has 92 valence electrons. The quantitative estimate of drug-likeness (QED) is 0.753. The molecule has 1 amide bonds. The van der Waals surface area contributed by atoms with E-state index in [1.165, 1.54) is 25.7 Å². The van der Waals surface area contributed by atoms with E-state index in [0.29, 0.717) is 6.04 Å². The summed E-state index contributed by atoms with van der Waals surface area (Å²) in [5, 5.41) is 6.64. The predicted molar refractivity (Wildman–Crippen MR) is 65.3 cm³/mol. The molecule has 1 saturated carbocycles. The van der Waals surface area contributed by atoms with Crippen LogP contribution in [0.1, 0.15) is 58.8 Å². The minimum atomic E-state index is 0.0428. The Labute approximate surface area is 98.4 Å². The molecule has 2 aliphatic rings. The zero-order valence-corrected chi connectivity index (χ0v) is 10.5. The SMILES string of the molecule is CC1CCCC(C(=O)NC2(C)CCCC2)N1. The molecule has 1 heterocycles. The van der Waals surface area contributed by atoms with Crippen molar-refractivity contribution in [1.29, 1.82) is 0 Å². The fraction of sp³-hybridized carbons (Fsp3) is 0.923. The molecular weight excluding hydrogens is 200 g/mol. The summed E-state index contributed by atoms with van der Waals surface area (Å²) < 4.78 is 0. The van der Waals surface area contributed by atoms with Crippen molar-refractivity contribution in [2.45, 2.75) is 76.4 Å². The van der Waals surface area contributed by atoms with Crippen molar-refractivity contribution in [3.63, 3.8) is 0 Å². The maximum atomic E-state index is 12.1. The maximum absolute atomic E-state index is 12.1. The molecule has 2 atom stereocenters. The molecule has 1 saturated heterocycles. The molecule has 1 aliphatic carbocycles. The number of amides is 1. The first-order valence-electron chi connectivity index (χ1n) is 6.67. The molecule has 2 fully saturated rings. The highest BCUT2D eigenvalue weighted by Crippen LogP contribution is 2.29. The lowest BCUT2D eigenvalue weighted by atomic mass is 9.96. The summed E-state index contributed by atoms with van der Waals surface area (Å²) >= 11 is 0. The average molecular weight is 224 g/mol. The van der Waals surface area contributed by atoms with E-state index >= 15 is 0 Å². The van der Waals surface area contributed by atoms with Crippen LogP contribution < -0.4 is 10.6 Å². The normalized spacial score (nSPS) is 33.6. The summed E-state index contributed by atoms with van der Waals surface area (Å²) in [6.45, 7) is 4.35. The summed E-state index contributed by atoms with van der Waals surface area (Å²) in [5.74, 6) is 0.218. The Balaban J connectivity index is 1.87. The monoisotopic (exact) mass is 224 g/mol. The van der Waals surface area contributed by atoms with E-state index in [-0.39, 0.29) is 17.5 Å². The number of carbonyl (C=O) groups excluding carboxylic acids is 1. The third kappa shape index (κ3) is 2.76. The first-order chi connectivity index (χ1) is 7.59. The van der Waals surface area contributed by atoms with Crippen molar-refractivity contribution in [2.24, 2.45) is 0 Å². The minimum absolute atomic E-state index is 0.0428. The number of nitrogens with one attached hydrogen (secondary N) is 2. The average Bonchev–Trinajstić information content (AvgIpc) is 2.65. The molecule has 0 aromatic rings. The Morgan fingerprint density at radius 1 is 1.25 bits per heavy atom. The second kappa shape index (κ2) is 4.74. The van der Waals surface area contributed by atoms with Crippen molar-refractivity contribution in [1.82, 2.24) is 10.6 Å². The summed E-state index contributed by atoms with van der Waals surface area (Å²) in [7, 11) is 0. The van der Waals surface area contributed by atoms with Crippen LogP contribution in [0.15, 0.2) is 0 Å². The largest absolute Gasteiger partial charge is 0.350 e. The molecule has 3 nitrogen and oxygen atoms in total. The molecule has 1 aliphatic heterocycles. The highest BCUT2D eigenvalue weighted by Gasteiger charge is 2.33.